The summed E-state index contributed by atoms with van der Waals surface area (Å²) in [6.07, 6.45) is 6.32. The smallest absolute Gasteiger partial charge is 0.0499 e. The van der Waals surface area contributed by atoms with Gasteiger partial charge in [0.15, 0.2) is 0 Å². The molecule has 0 aromatic heterocycles. The molecular weight excluding hydrogens is 198 g/mol. The monoisotopic (exact) mass is 227 g/mol. The first-order valence-electron chi connectivity index (χ1n) is 6.99. The van der Waals surface area contributed by atoms with Crippen LogP contribution >= 0.6 is 0 Å². The lowest BCUT2D eigenvalue weighted by Crippen LogP contribution is -2.38. The Hall–Kier alpha value is -0.0800. The number of rotatable bonds is 7. The number of nitrogens with one attached hydrogen (secondary N) is 1. The highest BCUT2D eigenvalue weighted by Gasteiger charge is 2.27. The van der Waals surface area contributed by atoms with Crippen molar-refractivity contribution in [2.75, 3.05) is 19.7 Å². The summed E-state index contributed by atoms with van der Waals surface area (Å²) in [5.74, 6) is 1.75. The van der Waals surface area contributed by atoms with Gasteiger partial charge in [0.1, 0.15) is 0 Å². The van der Waals surface area contributed by atoms with Crippen LogP contribution in [0.3, 0.4) is 0 Å². The summed E-state index contributed by atoms with van der Waals surface area (Å²) in [7, 11) is 0. The number of aliphatic hydroxyl groups excluding tert-OH is 1. The van der Waals surface area contributed by atoms with E-state index in [2.05, 4.69) is 26.1 Å². The van der Waals surface area contributed by atoms with Crippen LogP contribution in [0.4, 0.5) is 0 Å². The van der Waals surface area contributed by atoms with Crippen LogP contribution in [0.5, 0.6) is 0 Å². The molecule has 2 atom stereocenters. The van der Waals surface area contributed by atoms with Crippen LogP contribution < -0.4 is 5.32 Å². The molecule has 1 aliphatic carbocycles. The zero-order chi connectivity index (χ0) is 12.0. The molecule has 0 aromatic carbocycles. The minimum Gasteiger partial charge on any atom is -0.396 e. The van der Waals surface area contributed by atoms with E-state index >= 15 is 0 Å². The zero-order valence-electron chi connectivity index (χ0n) is 11.3. The van der Waals surface area contributed by atoms with Crippen molar-refractivity contribution < 1.29 is 5.11 Å². The normalized spacial score (nSPS) is 26.2. The Labute approximate surface area is 101 Å². The Morgan fingerprint density at radius 3 is 2.38 bits per heavy atom. The lowest BCUT2D eigenvalue weighted by molar-refractivity contribution is 0.111. The SMILES string of the molecule is CCC(CC)(CO)CNCC1CCCC1C. The van der Waals surface area contributed by atoms with E-state index in [9.17, 15) is 5.11 Å². The van der Waals surface area contributed by atoms with E-state index in [1.54, 1.807) is 0 Å². The number of aliphatic hydroxyl groups is 1. The van der Waals surface area contributed by atoms with Crippen molar-refractivity contribution in [1.29, 1.82) is 0 Å². The Morgan fingerprint density at radius 2 is 1.94 bits per heavy atom. The maximum atomic E-state index is 9.48. The van der Waals surface area contributed by atoms with Crippen molar-refractivity contribution in [2.24, 2.45) is 17.3 Å². The van der Waals surface area contributed by atoms with Gasteiger partial charge in [0.25, 0.3) is 0 Å². The van der Waals surface area contributed by atoms with Crippen LogP contribution in [0.15, 0.2) is 0 Å². The Bertz CT molecular complexity index is 181. The minimum atomic E-state index is 0.113. The van der Waals surface area contributed by atoms with Crippen molar-refractivity contribution in [3.63, 3.8) is 0 Å². The van der Waals surface area contributed by atoms with Gasteiger partial charge < -0.3 is 10.4 Å². The Kier molecular flexibility index (Phi) is 5.77. The molecule has 0 heterocycles. The van der Waals surface area contributed by atoms with Crippen molar-refractivity contribution in [3.05, 3.63) is 0 Å². The van der Waals surface area contributed by atoms with Gasteiger partial charge in [-0.1, -0.05) is 33.6 Å². The quantitative estimate of drug-likeness (QED) is 0.701. The average Bonchev–Trinajstić information content (AvgIpc) is 2.71. The van der Waals surface area contributed by atoms with Crippen LogP contribution in [0.2, 0.25) is 0 Å². The van der Waals surface area contributed by atoms with Gasteiger partial charge in [-0.2, -0.15) is 0 Å². The maximum absolute atomic E-state index is 9.48. The molecular formula is C14H29NO. The van der Waals surface area contributed by atoms with Crippen LogP contribution in [-0.2, 0) is 0 Å². The fourth-order valence-electron chi connectivity index (χ4n) is 2.83. The van der Waals surface area contributed by atoms with E-state index < -0.39 is 0 Å². The molecule has 16 heavy (non-hydrogen) atoms. The van der Waals surface area contributed by atoms with Crippen molar-refractivity contribution in [3.8, 4) is 0 Å². The predicted molar refractivity (Wildman–Crippen MR) is 69.5 cm³/mol. The van der Waals surface area contributed by atoms with E-state index in [1.165, 1.54) is 19.3 Å². The van der Waals surface area contributed by atoms with Crippen LogP contribution in [-0.4, -0.2) is 24.8 Å². The topological polar surface area (TPSA) is 32.3 Å². The van der Waals surface area contributed by atoms with E-state index in [1.807, 2.05) is 0 Å². The van der Waals surface area contributed by atoms with Gasteiger partial charge in [-0.15, -0.1) is 0 Å². The van der Waals surface area contributed by atoms with Crippen molar-refractivity contribution in [2.45, 2.75) is 52.9 Å². The maximum Gasteiger partial charge on any atom is 0.0499 e. The highest BCUT2D eigenvalue weighted by Crippen LogP contribution is 2.31. The number of hydrogen-bond donors (Lipinski definition) is 2. The van der Waals surface area contributed by atoms with Gasteiger partial charge in [0, 0.05) is 18.6 Å². The average molecular weight is 227 g/mol. The van der Waals surface area contributed by atoms with E-state index in [0.717, 1.165) is 37.8 Å². The molecule has 1 rings (SSSR count). The standard InChI is InChI=1S/C14H29NO/c1-4-14(5-2,11-16)10-15-9-13-8-6-7-12(13)3/h12-13,15-16H,4-11H2,1-3H3. The first kappa shape index (κ1) is 14.0. The third-order valence-electron chi connectivity index (χ3n) is 4.78. The molecule has 2 nitrogen and oxygen atoms in total. The Balaban J connectivity index is 2.27. The van der Waals surface area contributed by atoms with Gasteiger partial charge in [0.05, 0.1) is 0 Å². The molecule has 1 saturated carbocycles. The third kappa shape index (κ3) is 3.46. The molecule has 0 radical (unpaired) electrons. The summed E-state index contributed by atoms with van der Waals surface area (Å²) in [6, 6.07) is 0. The number of hydrogen-bond acceptors (Lipinski definition) is 2. The fraction of sp³-hybridized carbons (Fsp3) is 1.00. The molecule has 0 bridgehead atoms. The molecule has 0 spiro atoms. The van der Waals surface area contributed by atoms with Crippen LogP contribution in [0.25, 0.3) is 0 Å². The van der Waals surface area contributed by atoms with Crippen molar-refractivity contribution in [1.82, 2.24) is 5.32 Å². The molecule has 2 N–H and O–H groups in total. The molecule has 2 unspecified atom stereocenters. The highest BCUT2D eigenvalue weighted by atomic mass is 16.3. The lowest BCUT2D eigenvalue weighted by atomic mass is 9.83. The second kappa shape index (κ2) is 6.61. The first-order chi connectivity index (χ1) is 7.67. The zero-order valence-corrected chi connectivity index (χ0v) is 11.3. The molecule has 0 amide bonds. The largest absolute Gasteiger partial charge is 0.396 e. The molecule has 0 aromatic rings. The molecule has 96 valence electrons. The van der Waals surface area contributed by atoms with Crippen LogP contribution in [0.1, 0.15) is 52.9 Å². The lowest BCUT2D eigenvalue weighted by Gasteiger charge is -2.30. The Morgan fingerprint density at radius 1 is 1.25 bits per heavy atom. The summed E-state index contributed by atoms with van der Waals surface area (Å²) in [6.45, 7) is 9.16. The summed E-state index contributed by atoms with van der Waals surface area (Å²) < 4.78 is 0. The highest BCUT2D eigenvalue weighted by molar-refractivity contribution is 4.81. The van der Waals surface area contributed by atoms with Gasteiger partial charge >= 0.3 is 0 Å². The van der Waals surface area contributed by atoms with Gasteiger partial charge in [-0.3, -0.25) is 0 Å². The molecule has 0 saturated heterocycles. The fourth-order valence-corrected chi connectivity index (χ4v) is 2.83. The first-order valence-corrected chi connectivity index (χ1v) is 6.99. The molecule has 1 fully saturated rings. The second-order valence-corrected chi connectivity index (χ2v) is 5.66. The molecule has 0 aliphatic heterocycles. The predicted octanol–water partition coefficient (Wildman–Crippen LogP) is 2.81. The third-order valence-corrected chi connectivity index (χ3v) is 4.78. The van der Waals surface area contributed by atoms with E-state index in [4.69, 9.17) is 0 Å². The minimum absolute atomic E-state index is 0.113. The second-order valence-electron chi connectivity index (χ2n) is 5.66. The summed E-state index contributed by atoms with van der Waals surface area (Å²) >= 11 is 0. The molecule has 1 aliphatic rings. The summed E-state index contributed by atoms with van der Waals surface area (Å²) in [4.78, 5) is 0. The van der Waals surface area contributed by atoms with E-state index in [0.29, 0.717) is 6.61 Å². The summed E-state index contributed by atoms with van der Waals surface area (Å²) in [5, 5.41) is 13.1. The van der Waals surface area contributed by atoms with Crippen molar-refractivity contribution >= 4 is 0 Å². The van der Waals surface area contributed by atoms with E-state index in [-0.39, 0.29) is 5.41 Å². The van der Waals surface area contributed by atoms with Crippen LogP contribution in [0, 0.1) is 17.3 Å². The van der Waals surface area contributed by atoms with Gasteiger partial charge in [-0.05, 0) is 37.6 Å². The van der Waals surface area contributed by atoms with Gasteiger partial charge in [-0.25, -0.2) is 0 Å². The summed E-state index contributed by atoms with van der Waals surface area (Å²) in [5.41, 5.74) is 0.113. The molecule has 2 heteroatoms. The van der Waals surface area contributed by atoms with Gasteiger partial charge in [0.2, 0.25) is 0 Å².